The summed E-state index contributed by atoms with van der Waals surface area (Å²) < 4.78 is 26.1. The SMILES string of the molecule is COc1cccc(CNC(=O)c2cc3c(=O)n(CCOc4ccc(F)cc4)c(=O)n(C)c3s2)c1. The zero-order chi connectivity index (χ0) is 24.2. The van der Waals surface area contributed by atoms with Gasteiger partial charge < -0.3 is 14.8 Å². The van der Waals surface area contributed by atoms with E-state index in [2.05, 4.69) is 5.32 Å². The van der Waals surface area contributed by atoms with Gasteiger partial charge in [0.15, 0.2) is 0 Å². The second-order valence-electron chi connectivity index (χ2n) is 7.46. The number of rotatable bonds is 8. The zero-order valence-corrected chi connectivity index (χ0v) is 19.4. The van der Waals surface area contributed by atoms with Crippen LogP contribution in [0.4, 0.5) is 4.39 Å². The molecule has 0 aliphatic rings. The van der Waals surface area contributed by atoms with E-state index in [0.29, 0.717) is 21.2 Å². The molecule has 0 aliphatic carbocycles. The molecule has 0 saturated carbocycles. The van der Waals surface area contributed by atoms with E-state index < -0.39 is 11.2 Å². The quantitative estimate of drug-likeness (QED) is 0.416. The first-order valence-electron chi connectivity index (χ1n) is 10.4. The van der Waals surface area contributed by atoms with Gasteiger partial charge in [-0.2, -0.15) is 0 Å². The number of carbonyl (C=O) groups excluding carboxylic acids is 1. The highest BCUT2D eigenvalue weighted by Crippen LogP contribution is 2.22. The van der Waals surface area contributed by atoms with E-state index in [4.69, 9.17) is 9.47 Å². The molecule has 4 rings (SSSR count). The number of carbonyl (C=O) groups is 1. The van der Waals surface area contributed by atoms with Crippen LogP contribution < -0.4 is 26.0 Å². The number of nitrogens with zero attached hydrogens (tertiary/aromatic N) is 2. The molecule has 2 heterocycles. The summed E-state index contributed by atoms with van der Waals surface area (Å²) in [6, 6.07) is 14.3. The van der Waals surface area contributed by atoms with Gasteiger partial charge in [0.25, 0.3) is 11.5 Å². The first-order chi connectivity index (χ1) is 16.4. The number of methoxy groups -OCH3 is 1. The van der Waals surface area contributed by atoms with Crippen molar-refractivity contribution in [2.45, 2.75) is 13.1 Å². The van der Waals surface area contributed by atoms with Gasteiger partial charge >= 0.3 is 5.69 Å². The summed E-state index contributed by atoms with van der Waals surface area (Å²) in [6.07, 6.45) is 0. The van der Waals surface area contributed by atoms with Crippen LogP contribution in [-0.4, -0.2) is 28.8 Å². The number of aryl methyl sites for hydroxylation is 1. The molecule has 0 radical (unpaired) electrons. The number of thiophene rings is 1. The maximum atomic E-state index is 13.0. The van der Waals surface area contributed by atoms with Crippen molar-refractivity contribution >= 4 is 27.5 Å². The molecule has 10 heteroatoms. The van der Waals surface area contributed by atoms with Crippen LogP contribution in [0.5, 0.6) is 11.5 Å². The molecule has 1 amide bonds. The standard InChI is InChI=1S/C24H22FN3O5S/c1-27-23-19(13-20(34-23)21(29)26-14-15-4-3-5-18(12-15)32-2)22(30)28(24(27)31)10-11-33-17-8-6-16(25)7-9-17/h3-9,12-13H,10-11,14H2,1-2H3,(H,26,29). The number of halogens is 1. The van der Waals surface area contributed by atoms with Crippen molar-refractivity contribution in [2.24, 2.45) is 7.05 Å². The van der Waals surface area contributed by atoms with Gasteiger partial charge in [-0.25, -0.2) is 9.18 Å². The molecule has 1 N–H and O–H groups in total. The minimum absolute atomic E-state index is 0.00599. The third-order valence-electron chi connectivity index (χ3n) is 5.22. The number of fused-ring (bicyclic) bond motifs is 1. The van der Waals surface area contributed by atoms with Crippen molar-refractivity contribution in [2.75, 3.05) is 13.7 Å². The summed E-state index contributed by atoms with van der Waals surface area (Å²) in [4.78, 5) is 39.2. The summed E-state index contributed by atoms with van der Waals surface area (Å²) >= 11 is 1.08. The van der Waals surface area contributed by atoms with Gasteiger partial charge in [0.2, 0.25) is 0 Å². The topological polar surface area (TPSA) is 91.6 Å². The van der Waals surface area contributed by atoms with E-state index in [-0.39, 0.29) is 36.8 Å². The smallest absolute Gasteiger partial charge is 0.331 e. The van der Waals surface area contributed by atoms with E-state index in [9.17, 15) is 18.8 Å². The Morgan fingerprint density at radius 1 is 1.09 bits per heavy atom. The van der Waals surface area contributed by atoms with Crippen molar-refractivity contribution in [1.82, 2.24) is 14.5 Å². The Labute approximate surface area is 197 Å². The molecule has 2 aromatic heterocycles. The number of hydrogen-bond acceptors (Lipinski definition) is 6. The predicted molar refractivity (Wildman–Crippen MR) is 127 cm³/mol. The summed E-state index contributed by atoms with van der Waals surface area (Å²) in [6.45, 7) is 0.338. The monoisotopic (exact) mass is 483 g/mol. The minimum atomic E-state index is -0.509. The predicted octanol–water partition coefficient (Wildman–Crippen LogP) is 2.92. The lowest BCUT2D eigenvalue weighted by Gasteiger charge is -2.09. The molecule has 0 unspecified atom stereocenters. The maximum absolute atomic E-state index is 13.0. The third kappa shape index (κ3) is 4.86. The summed E-state index contributed by atoms with van der Waals surface area (Å²) in [5.74, 6) is 0.385. The number of hydrogen-bond donors (Lipinski definition) is 1. The minimum Gasteiger partial charge on any atom is -0.497 e. The summed E-state index contributed by atoms with van der Waals surface area (Å²) in [7, 11) is 3.12. The van der Waals surface area contributed by atoms with Crippen LogP contribution in [-0.2, 0) is 20.1 Å². The third-order valence-corrected chi connectivity index (χ3v) is 6.43. The van der Waals surface area contributed by atoms with Crippen LogP contribution in [0.25, 0.3) is 10.2 Å². The van der Waals surface area contributed by atoms with E-state index in [1.165, 1.54) is 34.9 Å². The van der Waals surface area contributed by atoms with Crippen LogP contribution in [0.15, 0.2) is 64.2 Å². The molecule has 0 bridgehead atoms. The number of nitrogens with one attached hydrogen (secondary N) is 1. The molecule has 8 nitrogen and oxygen atoms in total. The first-order valence-corrected chi connectivity index (χ1v) is 11.2. The highest BCUT2D eigenvalue weighted by atomic mass is 32.1. The van der Waals surface area contributed by atoms with Crippen molar-refractivity contribution in [1.29, 1.82) is 0 Å². The Morgan fingerprint density at radius 2 is 1.85 bits per heavy atom. The lowest BCUT2D eigenvalue weighted by Crippen LogP contribution is -2.39. The van der Waals surface area contributed by atoms with Crippen molar-refractivity contribution < 1.29 is 18.7 Å². The Morgan fingerprint density at radius 3 is 2.59 bits per heavy atom. The molecule has 0 aliphatic heterocycles. The van der Waals surface area contributed by atoms with Gasteiger partial charge in [-0.15, -0.1) is 11.3 Å². The molecule has 0 atom stereocenters. The Kier molecular flexibility index (Phi) is 6.78. The highest BCUT2D eigenvalue weighted by Gasteiger charge is 2.18. The van der Waals surface area contributed by atoms with Crippen LogP contribution >= 0.6 is 11.3 Å². The van der Waals surface area contributed by atoms with Gasteiger partial charge in [-0.1, -0.05) is 12.1 Å². The Hall–Kier alpha value is -3.92. The zero-order valence-electron chi connectivity index (χ0n) is 18.5. The van der Waals surface area contributed by atoms with Gasteiger partial charge in [-0.05, 0) is 48.0 Å². The average Bonchev–Trinajstić information content (AvgIpc) is 3.31. The van der Waals surface area contributed by atoms with Crippen LogP contribution in [0.2, 0.25) is 0 Å². The molecular formula is C24H22FN3O5S. The lowest BCUT2D eigenvalue weighted by atomic mass is 10.2. The molecule has 2 aromatic carbocycles. The molecule has 0 saturated heterocycles. The molecule has 34 heavy (non-hydrogen) atoms. The lowest BCUT2D eigenvalue weighted by molar-refractivity contribution is 0.0955. The van der Waals surface area contributed by atoms with Gasteiger partial charge in [0, 0.05) is 13.6 Å². The summed E-state index contributed by atoms with van der Waals surface area (Å²) in [5.41, 5.74) is -0.140. The second kappa shape index (κ2) is 9.92. The highest BCUT2D eigenvalue weighted by molar-refractivity contribution is 7.20. The van der Waals surface area contributed by atoms with Gasteiger partial charge in [0.1, 0.15) is 28.8 Å². The molecule has 176 valence electrons. The number of aromatic nitrogens is 2. The van der Waals surface area contributed by atoms with E-state index in [1.807, 2.05) is 24.3 Å². The molecule has 0 fully saturated rings. The van der Waals surface area contributed by atoms with Gasteiger partial charge in [0.05, 0.1) is 23.9 Å². The maximum Gasteiger partial charge on any atom is 0.331 e. The normalized spacial score (nSPS) is 10.9. The average molecular weight is 484 g/mol. The van der Waals surface area contributed by atoms with Crippen LogP contribution in [0.3, 0.4) is 0 Å². The Bertz CT molecular complexity index is 1460. The fourth-order valence-electron chi connectivity index (χ4n) is 3.43. The fraction of sp³-hybridized carbons (Fsp3) is 0.208. The second-order valence-corrected chi connectivity index (χ2v) is 8.50. The molecular weight excluding hydrogens is 461 g/mol. The van der Waals surface area contributed by atoms with Crippen molar-refractivity contribution in [3.63, 3.8) is 0 Å². The van der Waals surface area contributed by atoms with Crippen LogP contribution in [0, 0.1) is 5.82 Å². The fourth-order valence-corrected chi connectivity index (χ4v) is 4.45. The number of benzene rings is 2. The van der Waals surface area contributed by atoms with Crippen molar-refractivity contribution in [3.8, 4) is 11.5 Å². The summed E-state index contributed by atoms with van der Waals surface area (Å²) in [5, 5.41) is 3.10. The number of amides is 1. The molecule has 0 spiro atoms. The first kappa shape index (κ1) is 23.2. The van der Waals surface area contributed by atoms with E-state index >= 15 is 0 Å². The van der Waals surface area contributed by atoms with E-state index in [1.54, 1.807) is 14.2 Å². The van der Waals surface area contributed by atoms with Crippen LogP contribution in [0.1, 0.15) is 15.2 Å². The Balaban J connectivity index is 1.52. The largest absolute Gasteiger partial charge is 0.497 e. The van der Waals surface area contributed by atoms with Crippen molar-refractivity contribution in [3.05, 3.63) is 91.7 Å². The van der Waals surface area contributed by atoms with E-state index in [0.717, 1.165) is 21.5 Å². The van der Waals surface area contributed by atoms with Gasteiger partial charge in [-0.3, -0.25) is 18.7 Å². The molecule has 4 aromatic rings. The number of ether oxygens (including phenoxy) is 2.